The Hall–Kier alpha value is 0.121. The van der Waals surface area contributed by atoms with E-state index in [1.807, 2.05) is 0 Å². The maximum absolute atomic E-state index is 13.5. The zero-order chi connectivity index (χ0) is 17.2. The van der Waals surface area contributed by atoms with E-state index in [-0.39, 0.29) is 6.10 Å². The van der Waals surface area contributed by atoms with Crippen molar-refractivity contribution in [3.05, 3.63) is 0 Å². The molecule has 130 valence electrons. The predicted octanol–water partition coefficient (Wildman–Crippen LogP) is 5.98. The van der Waals surface area contributed by atoms with Crippen LogP contribution >= 0.6 is 0 Å². The highest BCUT2D eigenvalue weighted by molar-refractivity contribution is 7.77. The first-order valence-corrected chi connectivity index (χ1v) is 20.3. The van der Waals surface area contributed by atoms with Gasteiger partial charge < -0.3 is 4.74 Å². The lowest BCUT2D eigenvalue weighted by Crippen LogP contribution is -2.77. The molecule has 0 spiro atoms. The minimum atomic E-state index is -2.03. The van der Waals surface area contributed by atoms with Crippen molar-refractivity contribution in [2.45, 2.75) is 97.4 Å². The summed E-state index contributed by atoms with van der Waals surface area (Å²) in [6.45, 7) is 19.2. The fraction of sp³-hybridized carbons (Fsp3) is 0.941. The first kappa shape index (κ1) is 20.2. The third-order valence-electron chi connectivity index (χ3n) is 5.45. The van der Waals surface area contributed by atoms with Gasteiger partial charge in [0.2, 0.25) is 0 Å². The van der Waals surface area contributed by atoms with Crippen LogP contribution in [0.4, 0.5) is 4.79 Å². The summed E-state index contributed by atoms with van der Waals surface area (Å²) in [6.07, 6.45) is 6.18. The molecule has 1 rings (SSSR count). The lowest BCUT2D eigenvalue weighted by atomic mass is 9.98. The monoisotopic (exact) mass is 358 g/mol. The van der Waals surface area contributed by atoms with Gasteiger partial charge in [0.25, 0.3) is 5.59 Å². The highest BCUT2D eigenvalue weighted by Gasteiger charge is 2.61. The molecule has 0 amide bonds. The van der Waals surface area contributed by atoms with Crippen molar-refractivity contribution in [3.8, 4) is 0 Å². The Labute approximate surface area is 141 Å². The SMILES string of the molecule is CC(C)C[Si](C(=O)OC1CCCCC1)([Si](C)(C)C)[Si](C)(C)C. The Morgan fingerprint density at radius 3 is 1.77 bits per heavy atom. The van der Waals surface area contributed by atoms with E-state index in [4.69, 9.17) is 4.74 Å². The Morgan fingerprint density at radius 2 is 1.41 bits per heavy atom. The second kappa shape index (κ2) is 7.34. The maximum Gasteiger partial charge on any atom is 0.266 e. The van der Waals surface area contributed by atoms with Crippen molar-refractivity contribution in [1.82, 2.24) is 0 Å². The van der Waals surface area contributed by atoms with Crippen LogP contribution in [0.15, 0.2) is 0 Å². The maximum atomic E-state index is 13.5. The van der Waals surface area contributed by atoms with Crippen molar-refractivity contribution in [2.75, 3.05) is 0 Å². The van der Waals surface area contributed by atoms with Gasteiger partial charge in [-0.3, -0.25) is 4.79 Å². The van der Waals surface area contributed by atoms with Crippen molar-refractivity contribution in [1.29, 1.82) is 0 Å². The van der Waals surface area contributed by atoms with Crippen LogP contribution in [0.5, 0.6) is 0 Å². The molecule has 1 saturated carbocycles. The fourth-order valence-electron chi connectivity index (χ4n) is 4.48. The van der Waals surface area contributed by atoms with E-state index in [1.54, 1.807) is 0 Å². The number of carbonyl (C=O) groups is 1. The average Bonchev–Trinajstić information content (AvgIpc) is 2.33. The molecule has 1 aliphatic carbocycles. The van der Waals surface area contributed by atoms with Gasteiger partial charge in [-0.1, -0.05) is 59.6 Å². The third kappa shape index (κ3) is 4.35. The molecular formula is C17H38O2Si3. The van der Waals surface area contributed by atoms with Crippen LogP contribution in [0.2, 0.25) is 45.3 Å². The lowest BCUT2D eigenvalue weighted by Gasteiger charge is -2.48. The lowest BCUT2D eigenvalue weighted by molar-refractivity contribution is 0.0938. The van der Waals surface area contributed by atoms with Crippen LogP contribution in [0, 0.1) is 5.92 Å². The molecule has 5 heteroatoms. The largest absolute Gasteiger partial charge is 0.467 e. The van der Waals surface area contributed by atoms with Gasteiger partial charge in [0.15, 0.2) is 7.11 Å². The molecule has 0 heterocycles. The molecule has 0 aliphatic heterocycles. The van der Waals surface area contributed by atoms with Gasteiger partial charge in [0.1, 0.15) is 6.10 Å². The predicted molar refractivity (Wildman–Crippen MR) is 105 cm³/mol. The molecule has 0 bridgehead atoms. The van der Waals surface area contributed by atoms with Crippen LogP contribution in [0.1, 0.15) is 46.0 Å². The number of hydrogen-bond acceptors (Lipinski definition) is 2. The number of rotatable bonds is 6. The van der Waals surface area contributed by atoms with E-state index < -0.39 is 22.3 Å². The second-order valence-electron chi connectivity index (χ2n) is 9.67. The summed E-state index contributed by atoms with van der Waals surface area (Å²) in [5.74, 6) is 0.601. The first-order chi connectivity index (χ1) is 9.92. The van der Waals surface area contributed by atoms with Crippen molar-refractivity contribution < 1.29 is 9.53 Å². The summed E-state index contributed by atoms with van der Waals surface area (Å²) in [7, 11) is -5.15. The number of ether oxygens (including phenoxy) is 1. The molecular weight excluding hydrogens is 320 g/mol. The van der Waals surface area contributed by atoms with Crippen LogP contribution in [-0.2, 0) is 4.74 Å². The standard InChI is InChI=1S/C17H38O2Si3/c1-15(2)14-22(20(3,4)5,21(6,7)8)17(18)19-16-12-10-9-11-13-16/h15-16H,9-14H2,1-8H3. The van der Waals surface area contributed by atoms with E-state index in [0.717, 1.165) is 18.9 Å². The van der Waals surface area contributed by atoms with Gasteiger partial charge in [0, 0.05) is 15.2 Å². The van der Waals surface area contributed by atoms with E-state index in [0.29, 0.717) is 11.5 Å². The van der Waals surface area contributed by atoms with Crippen LogP contribution in [0.25, 0.3) is 0 Å². The van der Waals surface area contributed by atoms with Crippen molar-refractivity contribution >= 4 is 27.9 Å². The minimum Gasteiger partial charge on any atom is -0.467 e. The molecule has 0 N–H and O–H groups in total. The molecule has 1 aliphatic rings. The molecule has 0 atom stereocenters. The normalized spacial score (nSPS) is 18.6. The highest BCUT2D eigenvalue weighted by atomic mass is 29.6. The minimum absolute atomic E-state index is 0.216. The number of hydrogen-bond donors (Lipinski definition) is 0. The first-order valence-electron chi connectivity index (χ1n) is 9.13. The molecule has 1 fully saturated rings. The molecule has 0 unspecified atom stereocenters. The third-order valence-corrected chi connectivity index (χ3v) is 44.1. The van der Waals surface area contributed by atoms with Crippen molar-refractivity contribution in [2.24, 2.45) is 5.92 Å². The van der Waals surface area contributed by atoms with E-state index >= 15 is 0 Å². The van der Waals surface area contributed by atoms with Gasteiger partial charge in [-0.2, -0.15) is 0 Å². The Balaban J connectivity index is 3.14. The molecule has 0 aromatic carbocycles. The van der Waals surface area contributed by atoms with Gasteiger partial charge >= 0.3 is 0 Å². The molecule has 22 heavy (non-hydrogen) atoms. The Morgan fingerprint density at radius 1 is 0.955 bits per heavy atom. The number of carbonyl (C=O) groups excluding carboxylic acids is 1. The Kier molecular flexibility index (Phi) is 6.73. The molecule has 0 saturated heterocycles. The van der Waals surface area contributed by atoms with Gasteiger partial charge in [-0.25, -0.2) is 0 Å². The van der Waals surface area contributed by atoms with Crippen LogP contribution in [0.3, 0.4) is 0 Å². The quantitative estimate of drug-likeness (QED) is 0.546. The summed E-state index contributed by atoms with van der Waals surface area (Å²) < 4.78 is 6.20. The summed E-state index contributed by atoms with van der Waals surface area (Å²) in [5.41, 5.74) is 0.298. The van der Waals surface area contributed by atoms with E-state index in [1.165, 1.54) is 19.3 Å². The fourth-order valence-corrected chi connectivity index (χ4v) is 48.1. The zero-order valence-corrected chi connectivity index (χ0v) is 19.2. The van der Waals surface area contributed by atoms with Gasteiger partial charge in [-0.15, -0.1) is 0 Å². The summed E-state index contributed by atoms with van der Waals surface area (Å²) in [4.78, 5) is 13.5. The van der Waals surface area contributed by atoms with Gasteiger partial charge in [0.05, 0.1) is 0 Å². The van der Waals surface area contributed by atoms with Gasteiger partial charge in [-0.05, 0) is 37.6 Å². The highest BCUT2D eigenvalue weighted by Crippen LogP contribution is 2.38. The zero-order valence-electron chi connectivity index (χ0n) is 16.2. The topological polar surface area (TPSA) is 26.3 Å². The smallest absolute Gasteiger partial charge is 0.266 e. The molecule has 0 aromatic rings. The summed E-state index contributed by atoms with van der Waals surface area (Å²) in [6, 6.07) is 1.14. The molecule has 2 nitrogen and oxygen atoms in total. The van der Waals surface area contributed by atoms with Crippen molar-refractivity contribution in [3.63, 3.8) is 0 Å². The van der Waals surface area contributed by atoms with Crippen LogP contribution in [-0.4, -0.2) is 34.0 Å². The average molecular weight is 359 g/mol. The van der Waals surface area contributed by atoms with Crippen LogP contribution < -0.4 is 0 Å². The summed E-state index contributed by atoms with van der Waals surface area (Å²) in [5, 5.41) is 0. The molecule has 0 aromatic heterocycles. The van der Waals surface area contributed by atoms with E-state index in [2.05, 4.69) is 53.1 Å². The second-order valence-corrected chi connectivity index (χ2v) is 36.9. The van der Waals surface area contributed by atoms with E-state index in [9.17, 15) is 4.79 Å². The molecule has 0 radical (unpaired) electrons. The summed E-state index contributed by atoms with van der Waals surface area (Å²) >= 11 is 0. The Bertz CT molecular complexity index is 360.